The van der Waals surface area contributed by atoms with E-state index in [9.17, 15) is 0 Å². The molecule has 1 fully saturated rings. The van der Waals surface area contributed by atoms with Gasteiger partial charge in [-0.2, -0.15) is 0 Å². The standard InChI is InChI=1S/C27H32N2/c1-2-23-13-15-26(16-14-23)28-17-19-29(20-18-28)27(21-24-9-5-3-6-10-24)22-25-11-7-4-8-12-25/h3-16,27H,2,17-22H2,1H3. The lowest BCUT2D eigenvalue weighted by molar-refractivity contribution is 0.182. The summed E-state index contributed by atoms with van der Waals surface area (Å²) in [5, 5.41) is 0. The zero-order valence-electron chi connectivity index (χ0n) is 17.5. The van der Waals surface area contributed by atoms with Gasteiger partial charge in [0.2, 0.25) is 0 Å². The molecule has 4 rings (SSSR count). The molecule has 0 aromatic heterocycles. The molecule has 0 bridgehead atoms. The number of hydrogen-bond donors (Lipinski definition) is 0. The minimum absolute atomic E-state index is 0.546. The lowest BCUT2D eigenvalue weighted by Crippen LogP contribution is -2.51. The average Bonchev–Trinajstić information content (AvgIpc) is 2.80. The molecule has 150 valence electrons. The highest BCUT2D eigenvalue weighted by Gasteiger charge is 2.24. The van der Waals surface area contributed by atoms with Gasteiger partial charge in [0.1, 0.15) is 0 Å². The summed E-state index contributed by atoms with van der Waals surface area (Å²) < 4.78 is 0. The van der Waals surface area contributed by atoms with E-state index < -0.39 is 0 Å². The van der Waals surface area contributed by atoms with Crippen LogP contribution in [0, 0.1) is 0 Å². The van der Waals surface area contributed by atoms with E-state index in [4.69, 9.17) is 0 Å². The van der Waals surface area contributed by atoms with Crippen LogP contribution in [0.2, 0.25) is 0 Å². The first kappa shape index (κ1) is 19.7. The molecule has 1 saturated heterocycles. The molecule has 0 atom stereocenters. The van der Waals surface area contributed by atoms with Crippen molar-refractivity contribution in [2.45, 2.75) is 32.2 Å². The highest BCUT2D eigenvalue weighted by atomic mass is 15.3. The molecule has 0 radical (unpaired) electrons. The third kappa shape index (κ3) is 5.27. The van der Waals surface area contributed by atoms with E-state index in [2.05, 4.69) is 102 Å². The van der Waals surface area contributed by atoms with Crippen LogP contribution in [0.4, 0.5) is 5.69 Å². The van der Waals surface area contributed by atoms with Gasteiger partial charge in [0, 0.05) is 37.9 Å². The zero-order chi connectivity index (χ0) is 19.9. The Morgan fingerprint density at radius 1 is 0.621 bits per heavy atom. The van der Waals surface area contributed by atoms with Crippen LogP contribution < -0.4 is 4.90 Å². The molecule has 0 saturated carbocycles. The summed E-state index contributed by atoms with van der Waals surface area (Å²) in [6.45, 7) is 6.67. The van der Waals surface area contributed by atoms with Crippen LogP contribution in [0.3, 0.4) is 0 Å². The van der Waals surface area contributed by atoms with Crippen molar-refractivity contribution in [3.8, 4) is 0 Å². The van der Waals surface area contributed by atoms with Crippen LogP contribution in [0.15, 0.2) is 84.9 Å². The predicted octanol–water partition coefficient (Wildman–Crippen LogP) is 5.23. The smallest absolute Gasteiger partial charge is 0.0367 e. The molecule has 0 unspecified atom stereocenters. The van der Waals surface area contributed by atoms with Crippen molar-refractivity contribution in [2.75, 3.05) is 31.1 Å². The summed E-state index contributed by atoms with van der Waals surface area (Å²) in [6.07, 6.45) is 3.33. The Hall–Kier alpha value is -2.58. The van der Waals surface area contributed by atoms with Crippen molar-refractivity contribution < 1.29 is 0 Å². The maximum absolute atomic E-state index is 2.71. The van der Waals surface area contributed by atoms with Gasteiger partial charge in [-0.3, -0.25) is 4.90 Å². The summed E-state index contributed by atoms with van der Waals surface area (Å²) in [5.74, 6) is 0. The fourth-order valence-electron chi connectivity index (χ4n) is 4.39. The zero-order valence-corrected chi connectivity index (χ0v) is 17.5. The molecule has 2 nitrogen and oxygen atoms in total. The number of aryl methyl sites for hydroxylation is 1. The van der Waals surface area contributed by atoms with E-state index in [1.807, 2.05) is 0 Å². The Balaban J connectivity index is 1.43. The molecule has 0 spiro atoms. The van der Waals surface area contributed by atoms with Gasteiger partial charge in [0.15, 0.2) is 0 Å². The van der Waals surface area contributed by atoms with Crippen molar-refractivity contribution in [3.63, 3.8) is 0 Å². The molecule has 1 aliphatic rings. The summed E-state index contributed by atoms with van der Waals surface area (Å²) in [6, 6.07) is 31.6. The van der Waals surface area contributed by atoms with E-state index in [0.717, 1.165) is 45.4 Å². The molecule has 3 aromatic rings. The van der Waals surface area contributed by atoms with E-state index >= 15 is 0 Å². The molecule has 1 heterocycles. The first-order valence-corrected chi connectivity index (χ1v) is 11.0. The van der Waals surface area contributed by atoms with E-state index in [1.165, 1.54) is 22.4 Å². The molecular formula is C27H32N2. The van der Waals surface area contributed by atoms with Crippen LogP contribution >= 0.6 is 0 Å². The lowest BCUT2D eigenvalue weighted by atomic mass is 9.97. The van der Waals surface area contributed by atoms with E-state index in [0.29, 0.717) is 6.04 Å². The molecule has 29 heavy (non-hydrogen) atoms. The second-order valence-electron chi connectivity index (χ2n) is 8.08. The number of anilines is 1. The summed E-state index contributed by atoms with van der Waals surface area (Å²) in [7, 11) is 0. The van der Waals surface area contributed by atoms with Crippen LogP contribution in [-0.4, -0.2) is 37.1 Å². The number of rotatable bonds is 7. The maximum Gasteiger partial charge on any atom is 0.0367 e. The first-order chi connectivity index (χ1) is 14.3. The monoisotopic (exact) mass is 384 g/mol. The van der Waals surface area contributed by atoms with Gasteiger partial charge in [-0.25, -0.2) is 0 Å². The van der Waals surface area contributed by atoms with Crippen LogP contribution in [-0.2, 0) is 19.3 Å². The van der Waals surface area contributed by atoms with Gasteiger partial charge in [0.25, 0.3) is 0 Å². The van der Waals surface area contributed by atoms with Crippen LogP contribution in [0.5, 0.6) is 0 Å². The maximum atomic E-state index is 2.71. The molecular weight excluding hydrogens is 352 g/mol. The van der Waals surface area contributed by atoms with Crippen molar-refractivity contribution in [1.82, 2.24) is 4.90 Å². The van der Waals surface area contributed by atoms with Gasteiger partial charge in [-0.1, -0.05) is 79.7 Å². The van der Waals surface area contributed by atoms with Crippen molar-refractivity contribution in [1.29, 1.82) is 0 Å². The van der Waals surface area contributed by atoms with Gasteiger partial charge in [-0.05, 0) is 48.1 Å². The van der Waals surface area contributed by atoms with E-state index in [-0.39, 0.29) is 0 Å². The van der Waals surface area contributed by atoms with E-state index in [1.54, 1.807) is 0 Å². The third-order valence-electron chi connectivity index (χ3n) is 6.17. The highest BCUT2D eigenvalue weighted by Crippen LogP contribution is 2.21. The highest BCUT2D eigenvalue weighted by molar-refractivity contribution is 5.48. The topological polar surface area (TPSA) is 6.48 Å². The number of piperazine rings is 1. The minimum Gasteiger partial charge on any atom is -0.369 e. The minimum atomic E-state index is 0.546. The second-order valence-corrected chi connectivity index (χ2v) is 8.08. The van der Waals surface area contributed by atoms with Crippen molar-refractivity contribution in [2.24, 2.45) is 0 Å². The van der Waals surface area contributed by atoms with Gasteiger partial charge in [0.05, 0.1) is 0 Å². The molecule has 1 aliphatic heterocycles. The van der Waals surface area contributed by atoms with Crippen molar-refractivity contribution in [3.05, 3.63) is 102 Å². The Morgan fingerprint density at radius 2 is 1.14 bits per heavy atom. The summed E-state index contributed by atoms with van der Waals surface area (Å²) in [4.78, 5) is 5.24. The Kier molecular flexibility index (Phi) is 6.63. The Bertz CT molecular complexity index is 809. The van der Waals surface area contributed by atoms with Crippen molar-refractivity contribution >= 4 is 5.69 Å². The quantitative estimate of drug-likeness (QED) is 0.551. The fourth-order valence-corrected chi connectivity index (χ4v) is 4.39. The first-order valence-electron chi connectivity index (χ1n) is 11.0. The number of hydrogen-bond acceptors (Lipinski definition) is 2. The third-order valence-corrected chi connectivity index (χ3v) is 6.17. The molecule has 0 aliphatic carbocycles. The van der Waals surface area contributed by atoms with Gasteiger partial charge >= 0.3 is 0 Å². The normalized spacial score (nSPS) is 15.0. The van der Waals surface area contributed by atoms with Crippen LogP contribution in [0.25, 0.3) is 0 Å². The number of benzene rings is 3. The largest absolute Gasteiger partial charge is 0.369 e. The number of nitrogens with zero attached hydrogens (tertiary/aromatic N) is 2. The average molecular weight is 385 g/mol. The Labute approximate surface area is 175 Å². The van der Waals surface area contributed by atoms with Gasteiger partial charge < -0.3 is 4.90 Å². The fraction of sp³-hybridized carbons (Fsp3) is 0.333. The molecule has 0 amide bonds. The predicted molar refractivity (Wildman–Crippen MR) is 124 cm³/mol. The SMILES string of the molecule is CCc1ccc(N2CCN(C(Cc3ccccc3)Cc3ccccc3)CC2)cc1. The second kappa shape index (κ2) is 9.76. The summed E-state index contributed by atoms with van der Waals surface area (Å²) >= 11 is 0. The molecule has 2 heteroatoms. The summed E-state index contributed by atoms with van der Waals surface area (Å²) in [5.41, 5.74) is 5.65. The Morgan fingerprint density at radius 3 is 1.62 bits per heavy atom. The molecule has 0 N–H and O–H groups in total. The van der Waals surface area contributed by atoms with Gasteiger partial charge in [-0.15, -0.1) is 0 Å². The molecule has 3 aromatic carbocycles. The lowest BCUT2D eigenvalue weighted by Gasteiger charge is -2.40. The van der Waals surface area contributed by atoms with Crippen LogP contribution in [0.1, 0.15) is 23.6 Å².